The van der Waals surface area contributed by atoms with Gasteiger partial charge in [0.2, 0.25) is 0 Å². The molecule has 90 valence electrons. The van der Waals surface area contributed by atoms with Crippen LogP contribution in [-0.4, -0.2) is 10.6 Å². The summed E-state index contributed by atoms with van der Waals surface area (Å²) < 4.78 is 1.20. The number of hydrogen-bond donors (Lipinski definition) is 0. The second kappa shape index (κ2) is 4.01. The van der Waals surface area contributed by atoms with Gasteiger partial charge in [0.1, 0.15) is 0 Å². The molecule has 0 amide bonds. The largest absolute Gasteiger partial charge is 0.279 e. The summed E-state index contributed by atoms with van der Waals surface area (Å²) in [6, 6.07) is 5.04. The van der Waals surface area contributed by atoms with Crippen LogP contribution in [0.4, 0.5) is 11.4 Å². The highest BCUT2D eigenvalue weighted by atomic mass is 127. The number of allylic oxidation sites excluding steroid dienone is 4. The second-order valence-electron chi connectivity index (χ2n) is 4.28. The third-order valence-corrected chi connectivity index (χ3v) is 4.53. The van der Waals surface area contributed by atoms with Gasteiger partial charge in [0.15, 0.2) is 0 Å². The van der Waals surface area contributed by atoms with E-state index in [-0.39, 0.29) is 16.5 Å². The predicted molar refractivity (Wildman–Crippen MR) is 79.4 cm³/mol. The minimum absolute atomic E-state index is 0.134. The molecule has 18 heavy (non-hydrogen) atoms. The number of halogens is 1. The molecule has 1 aromatic carbocycles. The molecule has 0 saturated heterocycles. The first kappa shape index (κ1) is 11.6. The Morgan fingerprint density at radius 1 is 1.39 bits per heavy atom. The molecule has 0 saturated carbocycles. The zero-order chi connectivity index (χ0) is 12.9. The SMILES string of the molecule is CC1C(I)=CC=C2C1=Nc1cccc([N+](=O)[O-])c12. The van der Waals surface area contributed by atoms with Crippen LogP contribution in [0.5, 0.6) is 0 Å². The van der Waals surface area contributed by atoms with Crippen molar-refractivity contribution in [3.63, 3.8) is 0 Å². The molecule has 3 rings (SSSR count). The second-order valence-corrected chi connectivity index (χ2v) is 5.52. The molecule has 0 aromatic heterocycles. The molecule has 4 nitrogen and oxygen atoms in total. The summed E-state index contributed by atoms with van der Waals surface area (Å²) in [5, 5.41) is 11.1. The number of nitro groups is 1. The third kappa shape index (κ3) is 1.53. The Morgan fingerprint density at radius 2 is 2.17 bits per heavy atom. The molecule has 0 N–H and O–H groups in total. The lowest BCUT2D eigenvalue weighted by atomic mass is 9.90. The van der Waals surface area contributed by atoms with Crippen LogP contribution in [0.1, 0.15) is 12.5 Å². The van der Waals surface area contributed by atoms with Gasteiger partial charge in [0, 0.05) is 17.6 Å². The van der Waals surface area contributed by atoms with Crippen LogP contribution in [-0.2, 0) is 0 Å². The minimum Gasteiger partial charge on any atom is -0.258 e. The van der Waals surface area contributed by atoms with Crippen molar-refractivity contribution in [1.29, 1.82) is 0 Å². The number of nitro benzene ring substituents is 1. The Bertz CT molecular complexity index is 659. The van der Waals surface area contributed by atoms with E-state index in [0.29, 0.717) is 11.3 Å². The minimum atomic E-state index is -0.341. The van der Waals surface area contributed by atoms with Crippen LogP contribution in [0.2, 0.25) is 0 Å². The number of fused-ring (bicyclic) bond motifs is 3. The summed E-state index contributed by atoms with van der Waals surface area (Å²) in [7, 11) is 0. The van der Waals surface area contributed by atoms with E-state index in [1.54, 1.807) is 6.07 Å². The van der Waals surface area contributed by atoms with Crippen LogP contribution in [0.15, 0.2) is 38.9 Å². The summed E-state index contributed by atoms with van der Waals surface area (Å²) in [5.41, 5.74) is 3.33. The van der Waals surface area contributed by atoms with Gasteiger partial charge in [-0.3, -0.25) is 15.1 Å². The van der Waals surface area contributed by atoms with Gasteiger partial charge in [-0.2, -0.15) is 0 Å². The lowest BCUT2D eigenvalue weighted by molar-refractivity contribution is -0.385. The maximum atomic E-state index is 11.1. The van der Waals surface area contributed by atoms with Crippen molar-refractivity contribution < 1.29 is 4.92 Å². The van der Waals surface area contributed by atoms with Gasteiger partial charge in [-0.1, -0.05) is 25.1 Å². The van der Waals surface area contributed by atoms with E-state index >= 15 is 0 Å². The molecule has 1 atom stereocenters. The predicted octanol–water partition coefficient (Wildman–Crippen LogP) is 4.03. The number of aliphatic imine (C=N–C) groups is 1. The summed E-state index contributed by atoms with van der Waals surface area (Å²) >= 11 is 2.28. The van der Waals surface area contributed by atoms with Gasteiger partial charge in [0.25, 0.3) is 5.69 Å². The zero-order valence-corrected chi connectivity index (χ0v) is 11.7. The summed E-state index contributed by atoms with van der Waals surface area (Å²) in [4.78, 5) is 15.3. The first-order valence-corrected chi connectivity index (χ1v) is 6.61. The molecule has 5 heteroatoms. The molecule has 1 aliphatic heterocycles. The van der Waals surface area contributed by atoms with E-state index in [1.165, 1.54) is 9.65 Å². The molecule has 1 aromatic rings. The van der Waals surface area contributed by atoms with E-state index in [9.17, 15) is 10.1 Å². The van der Waals surface area contributed by atoms with Crippen molar-refractivity contribution in [2.75, 3.05) is 0 Å². The van der Waals surface area contributed by atoms with Crippen LogP contribution >= 0.6 is 22.6 Å². The molecule has 1 heterocycles. The molecule has 0 spiro atoms. The molecule has 1 unspecified atom stereocenters. The Balaban J connectivity index is 2.25. The average Bonchev–Trinajstić information content (AvgIpc) is 2.73. The van der Waals surface area contributed by atoms with Crippen molar-refractivity contribution in [2.24, 2.45) is 10.9 Å². The lowest BCUT2D eigenvalue weighted by Crippen LogP contribution is -2.13. The van der Waals surface area contributed by atoms with E-state index < -0.39 is 0 Å². The molecular formula is C13H9IN2O2. The molecule has 0 radical (unpaired) electrons. The van der Waals surface area contributed by atoms with Crippen LogP contribution in [0, 0.1) is 16.0 Å². The average molecular weight is 352 g/mol. The van der Waals surface area contributed by atoms with Gasteiger partial charge in [-0.15, -0.1) is 0 Å². The lowest BCUT2D eigenvalue weighted by Gasteiger charge is -2.16. The standard InChI is InChI=1S/C13H9IN2O2/c1-7-9(14)6-5-8-12-10(15-13(7)8)3-2-4-11(12)16(17)18/h2-7H,1H3. The van der Waals surface area contributed by atoms with Crippen LogP contribution in [0.3, 0.4) is 0 Å². The maximum absolute atomic E-state index is 11.1. The van der Waals surface area contributed by atoms with Gasteiger partial charge in [0.05, 0.1) is 21.9 Å². The highest BCUT2D eigenvalue weighted by molar-refractivity contribution is 14.1. The van der Waals surface area contributed by atoms with E-state index in [1.807, 2.05) is 18.2 Å². The van der Waals surface area contributed by atoms with Gasteiger partial charge in [-0.25, -0.2) is 0 Å². The van der Waals surface area contributed by atoms with Crippen molar-refractivity contribution in [3.05, 3.63) is 49.6 Å². The number of nitrogens with zero attached hydrogens (tertiary/aromatic N) is 2. The van der Waals surface area contributed by atoms with Crippen molar-refractivity contribution in [2.45, 2.75) is 6.92 Å². The van der Waals surface area contributed by atoms with Crippen molar-refractivity contribution >= 4 is 45.3 Å². The normalized spacial score (nSPS) is 20.6. The van der Waals surface area contributed by atoms with Crippen LogP contribution in [0.25, 0.3) is 5.57 Å². The fraction of sp³-hybridized carbons (Fsp3) is 0.154. The Hall–Kier alpha value is -1.50. The van der Waals surface area contributed by atoms with Gasteiger partial charge < -0.3 is 0 Å². The first-order chi connectivity index (χ1) is 8.59. The highest BCUT2D eigenvalue weighted by Gasteiger charge is 2.33. The summed E-state index contributed by atoms with van der Waals surface area (Å²) in [6.07, 6.45) is 3.94. The number of hydrogen-bond acceptors (Lipinski definition) is 3. The maximum Gasteiger partial charge on any atom is 0.279 e. The molecule has 2 aliphatic rings. The smallest absolute Gasteiger partial charge is 0.258 e. The Labute approximate surface area is 117 Å². The summed E-state index contributed by atoms with van der Waals surface area (Å²) in [5.74, 6) is 0.206. The van der Waals surface area contributed by atoms with Crippen molar-refractivity contribution in [3.8, 4) is 0 Å². The monoisotopic (exact) mass is 352 g/mol. The molecular weight excluding hydrogens is 343 g/mol. The first-order valence-electron chi connectivity index (χ1n) is 5.53. The summed E-state index contributed by atoms with van der Waals surface area (Å²) in [6.45, 7) is 2.07. The zero-order valence-electron chi connectivity index (χ0n) is 9.55. The number of rotatable bonds is 1. The highest BCUT2D eigenvalue weighted by Crippen LogP contribution is 2.45. The van der Waals surface area contributed by atoms with Crippen molar-refractivity contribution in [1.82, 2.24) is 0 Å². The molecule has 0 bridgehead atoms. The Kier molecular flexibility index (Phi) is 2.58. The fourth-order valence-corrected chi connectivity index (χ4v) is 2.78. The number of benzene rings is 1. The Morgan fingerprint density at radius 3 is 2.89 bits per heavy atom. The quantitative estimate of drug-likeness (QED) is 0.435. The topological polar surface area (TPSA) is 55.5 Å². The van der Waals surface area contributed by atoms with E-state index in [0.717, 1.165) is 11.3 Å². The van der Waals surface area contributed by atoms with Gasteiger partial charge >= 0.3 is 0 Å². The molecule has 1 aliphatic carbocycles. The third-order valence-electron chi connectivity index (χ3n) is 3.24. The van der Waals surface area contributed by atoms with Crippen LogP contribution < -0.4 is 0 Å². The van der Waals surface area contributed by atoms with E-state index in [2.05, 4.69) is 34.5 Å². The molecule has 0 fully saturated rings. The fourth-order valence-electron chi connectivity index (χ4n) is 2.30. The van der Waals surface area contributed by atoms with E-state index in [4.69, 9.17) is 0 Å². The van der Waals surface area contributed by atoms with Gasteiger partial charge in [-0.05, 0) is 32.2 Å².